The van der Waals surface area contributed by atoms with Crippen molar-refractivity contribution < 1.29 is 9.90 Å². The minimum atomic E-state index is -0.975. The molecule has 0 radical (unpaired) electrons. The Bertz CT molecular complexity index is 678. The van der Waals surface area contributed by atoms with Gasteiger partial charge in [-0.15, -0.1) is 0 Å². The fourth-order valence-electron chi connectivity index (χ4n) is 1.84. The van der Waals surface area contributed by atoms with Crippen molar-refractivity contribution >= 4 is 40.0 Å². The normalized spacial score (nSPS) is 14.4. The van der Waals surface area contributed by atoms with Gasteiger partial charge in [-0.3, -0.25) is 4.79 Å². The first kappa shape index (κ1) is 16.1. The first-order valence-electron chi connectivity index (χ1n) is 6.69. The molecule has 0 aliphatic heterocycles. The standard InChI is InChI=1S/C15H18Cl2N2O2/c1-8(2)15(3,21)7-18-14(20)13-12(17)10-6-9(16)4-5-11(10)19-13/h4-6,8,19,21H,7H2,1-3H3,(H,18,20). The molecular weight excluding hydrogens is 311 g/mol. The number of benzene rings is 1. The number of aliphatic hydroxyl groups is 1. The van der Waals surface area contributed by atoms with Crippen LogP contribution >= 0.6 is 23.2 Å². The molecule has 1 atom stereocenters. The molecule has 0 fully saturated rings. The Morgan fingerprint density at radius 1 is 1.43 bits per heavy atom. The van der Waals surface area contributed by atoms with E-state index in [1.807, 2.05) is 13.8 Å². The van der Waals surface area contributed by atoms with E-state index in [2.05, 4.69) is 10.3 Å². The second kappa shape index (κ2) is 5.87. The van der Waals surface area contributed by atoms with Crippen LogP contribution in [0.25, 0.3) is 10.9 Å². The molecule has 0 aliphatic rings. The van der Waals surface area contributed by atoms with Crippen LogP contribution in [0, 0.1) is 5.92 Å². The second-order valence-electron chi connectivity index (χ2n) is 5.70. The van der Waals surface area contributed by atoms with E-state index >= 15 is 0 Å². The minimum absolute atomic E-state index is 0.0230. The maximum absolute atomic E-state index is 12.2. The lowest BCUT2D eigenvalue weighted by Gasteiger charge is -2.27. The quantitative estimate of drug-likeness (QED) is 0.802. The Kier molecular flexibility index (Phi) is 4.51. The third kappa shape index (κ3) is 3.34. The number of nitrogens with one attached hydrogen (secondary N) is 2. The molecular formula is C15H18Cl2N2O2. The molecule has 1 amide bonds. The van der Waals surface area contributed by atoms with Crippen molar-refractivity contribution in [2.75, 3.05) is 6.54 Å². The molecule has 6 heteroatoms. The summed E-state index contributed by atoms with van der Waals surface area (Å²) in [4.78, 5) is 15.2. The number of H-pyrrole nitrogens is 1. The fourth-order valence-corrected chi connectivity index (χ4v) is 2.30. The van der Waals surface area contributed by atoms with E-state index in [9.17, 15) is 9.90 Å². The zero-order valence-corrected chi connectivity index (χ0v) is 13.6. The Labute approximate surface area is 133 Å². The largest absolute Gasteiger partial charge is 0.388 e. The Morgan fingerprint density at radius 2 is 2.10 bits per heavy atom. The summed E-state index contributed by atoms with van der Waals surface area (Å²) in [6.45, 7) is 5.62. The van der Waals surface area contributed by atoms with Gasteiger partial charge < -0.3 is 15.4 Å². The van der Waals surface area contributed by atoms with Crippen molar-refractivity contribution in [2.45, 2.75) is 26.4 Å². The van der Waals surface area contributed by atoms with Gasteiger partial charge in [-0.1, -0.05) is 37.0 Å². The van der Waals surface area contributed by atoms with E-state index in [0.717, 1.165) is 5.52 Å². The number of hydrogen-bond acceptors (Lipinski definition) is 2. The summed E-state index contributed by atoms with van der Waals surface area (Å²) in [5.74, 6) is -0.331. The monoisotopic (exact) mass is 328 g/mol. The molecule has 1 aromatic carbocycles. The molecule has 3 N–H and O–H groups in total. The molecule has 114 valence electrons. The molecule has 0 bridgehead atoms. The van der Waals surface area contributed by atoms with Gasteiger partial charge in [0.25, 0.3) is 5.91 Å². The Balaban J connectivity index is 2.22. The molecule has 21 heavy (non-hydrogen) atoms. The van der Waals surface area contributed by atoms with Crippen LogP contribution in [0.3, 0.4) is 0 Å². The number of rotatable bonds is 4. The molecule has 1 unspecified atom stereocenters. The van der Waals surface area contributed by atoms with Gasteiger partial charge >= 0.3 is 0 Å². The van der Waals surface area contributed by atoms with Gasteiger partial charge in [-0.05, 0) is 31.0 Å². The van der Waals surface area contributed by atoms with Gasteiger partial charge in [0, 0.05) is 22.5 Å². The number of hydrogen-bond donors (Lipinski definition) is 3. The van der Waals surface area contributed by atoms with E-state index in [0.29, 0.717) is 15.4 Å². The van der Waals surface area contributed by atoms with Crippen LogP contribution in [0.5, 0.6) is 0 Å². The van der Waals surface area contributed by atoms with Crippen LogP contribution in [-0.4, -0.2) is 28.1 Å². The van der Waals surface area contributed by atoms with Crippen LogP contribution in [0.2, 0.25) is 10.0 Å². The van der Waals surface area contributed by atoms with Gasteiger partial charge in [0.05, 0.1) is 10.6 Å². The van der Waals surface area contributed by atoms with Crippen LogP contribution in [0.15, 0.2) is 18.2 Å². The summed E-state index contributed by atoms with van der Waals surface area (Å²) in [5.41, 5.74) is 0.0379. The second-order valence-corrected chi connectivity index (χ2v) is 6.51. The molecule has 2 aromatic rings. The number of fused-ring (bicyclic) bond motifs is 1. The smallest absolute Gasteiger partial charge is 0.269 e. The highest BCUT2D eigenvalue weighted by atomic mass is 35.5. The van der Waals surface area contributed by atoms with Crippen molar-refractivity contribution in [3.8, 4) is 0 Å². The van der Waals surface area contributed by atoms with E-state index in [1.54, 1.807) is 25.1 Å². The molecule has 4 nitrogen and oxygen atoms in total. The molecule has 0 spiro atoms. The summed E-state index contributed by atoms with van der Waals surface area (Å²) in [7, 11) is 0. The molecule has 0 saturated carbocycles. The average molecular weight is 329 g/mol. The number of amides is 1. The maximum Gasteiger partial charge on any atom is 0.269 e. The molecule has 2 rings (SSSR count). The van der Waals surface area contributed by atoms with Gasteiger partial charge in [0.15, 0.2) is 0 Å². The highest BCUT2D eigenvalue weighted by molar-refractivity contribution is 6.39. The van der Waals surface area contributed by atoms with E-state index < -0.39 is 5.60 Å². The molecule has 0 aliphatic carbocycles. The number of carbonyl (C=O) groups is 1. The van der Waals surface area contributed by atoms with Crippen molar-refractivity contribution in [1.29, 1.82) is 0 Å². The summed E-state index contributed by atoms with van der Waals surface area (Å²) in [6.07, 6.45) is 0. The summed E-state index contributed by atoms with van der Waals surface area (Å²) in [5, 5.41) is 14.4. The molecule has 0 saturated heterocycles. The first-order chi connectivity index (χ1) is 9.72. The van der Waals surface area contributed by atoms with Crippen molar-refractivity contribution in [3.05, 3.63) is 33.9 Å². The van der Waals surface area contributed by atoms with Crippen LogP contribution in [0.4, 0.5) is 0 Å². The predicted molar refractivity (Wildman–Crippen MR) is 86.1 cm³/mol. The topological polar surface area (TPSA) is 65.1 Å². The van der Waals surface area contributed by atoms with Gasteiger partial charge in [-0.2, -0.15) is 0 Å². The average Bonchev–Trinajstić information content (AvgIpc) is 2.73. The lowest BCUT2D eigenvalue weighted by Crippen LogP contribution is -2.44. The lowest BCUT2D eigenvalue weighted by molar-refractivity contribution is 0.0142. The van der Waals surface area contributed by atoms with E-state index in [4.69, 9.17) is 23.2 Å². The SMILES string of the molecule is CC(C)C(C)(O)CNC(=O)c1[nH]c2ccc(Cl)cc2c1Cl. The fraction of sp³-hybridized carbons (Fsp3) is 0.400. The summed E-state index contributed by atoms with van der Waals surface area (Å²) in [6, 6.07) is 5.20. The third-order valence-corrected chi connectivity index (χ3v) is 4.40. The third-order valence-electron chi connectivity index (χ3n) is 3.77. The first-order valence-corrected chi connectivity index (χ1v) is 7.45. The minimum Gasteiger partial charge on any atom is -0.388 e. The van der Waals surface area contributed by atoms with Crippen molar-refractivity contribution in [1.82, 2.24) is 10.3 Å². The molecule has 1 heterocycles. The highest BCUT2D eigenvalue weighted by Gasteiger charge is 2.26. The zero-order valence-electron chi connectivity index (χ0n) is 12.1. The number of halogens is 2. The Hall–Kier alpha value is -1.23. The van der Waals surface area contributed by atoms with E-state index in [1.165, 1.54) is 0 Å². The van der Waals surface area contributed by atoms with Gasteiger partial charge in [-0.25, -0.2) is 0 Å². The number of aromatic amines is 1. The lowest BCUT2D eigenvalue weighted by atomic mass is 9.92. The number of carbonyl (C=O) groups excluding carboxylic acids is 1. The van der Waals surface area contributed by atoms with Crippen molar-refractivity contribution in [2.24, 2.45) is 5.92 Å². The van der Waals surface area contributed by atoms with E-state index in [-0.39, 0.29) is 24.1 Å². The number of aromatic nitrogens is 1. The maximum atomic E-state index is 12.2. The van der Waals surface area contributed by atoms with Crippen LogP contribution < -0.4 is 5.32 Å². The van der Waals surface area contributed by atoms with Crippen molar-refractivity contribution in [3.63, 3.8) is 0 Å². The Morgan fingerprint density at radius 3 is 2.71 bits per heavy atom. The molecule has 1 aromatic heterocycles. The summed E-state index contributed by atoms with van der Waals surface area (Å²) < 4.78 is 0. The van der Waals surface area contributed by atoms with Crippen LogP contribution in [-0.2, 0) is 0 Å². The predicted octanol–water partition coefficient (Wildman–Crippen LogP) is 3.61. The van der Waals surface area contributed by atoms with Crippen LogP contribution in [0.1, 0.15) is 31.3 Å². The highest BCUT2D eigenvalue weighted by Crippen LogP contribution is 2.29. The van der Waals surface area contributed by atoms with Gasteiger partial charge in [0.1, 0.15) is 5.69 Å². The summed E-state index contributed by atoms with van der Waals surface area (Å²) >= 11 is 12.2. The zero-order chi connectivity index (χ0) is 15.8. The van der Waals surface area contributed by atoms with Gasteiger partial charge in [0.2, 0.25) is 0 Å².